The Morgan fingerprint density at radius 1 is 1.25 bits per heavy atom. The molecule has 0 amide bonds. The van der Waals surface area contributed by atoms with Crippen molar-refractivity contribution in [1.82, 2.24) is 19.7 Å². The van der Waals surface area contributed by atoms with Crippen molar-refractivity contribution < 1.29 is 28.5 Å². The van der Waals surface area contributed by atoms with Crippen molar-refractivity contribution in [3.63, 3.8) is 0 Å². The molecular formula is C18H24N7O6S-. The number of aromatic nitrogens is 3. The fourth-order valence-electron chi connectivity index (χ4n) is 3.01. The number of nitrogens with zero attached hydrogens (tertiary/aromatic N) is 5. The molecule has 13 nitrogen and oxygen atoms in total. The van der Waals surface area contributed by atoms with E-state index >= 15 is 0 Å². The molecule has 1 fully saturated rings. The van der Waals surface area contributed by atoms with Gasteiger partial charge in [0.1, 0.15) is 0 Å². The average Bonchev–Trinajstić information content (AvgIpc) is 2.79. The van der Waals surface area contributed by atoms with Gasteiger partial charge in [0.15, 0.2) is 0 Å². The largest absolute Gasteiger partial charge is 0.760 e. The number of morpholine rings is 1. The molecule has 1 saturated heterocycles. The Bertz CT molecular complexity index is 944. The van der Waals surface area contributed by atoms with Gasteiger partial charge in [-0.2, -0.15) is 15.0 Å². The van der Waals surface area contributed by atoms with E-state index in [1.807, 2.05) is 4.90 Å². The summed E-state index contributed by atoms with van der Waals surface area (Å²) in [5.41, 5.74) is 0.586. The summed E-state index contributed by atoms with van der Waals surface area (Å²) in [5, 5.41) is 21.7. The van der Waals surface area contributed by atoms with Crippen molar-refractivity contribution >= 4 is 40.8 Å². The van der Waals surface area contributed by atoms with Crippen LogP contribution in [0.3, 0.4) is 0 Å². The molecule has 2 aromatic rings. The van der Waals surface area contributed by atoms with Crippen LogP contribution in [0.15, 0.2) is 24.3 Å². The quantitative estimate of drug-likeness (QED) is 0.308. The first kappa shape index (κ1) is 23.7. The molecule has 2 heterocycles. The van der Waals surface area contributed by atoms with Gasteiger partial charge in [0, 0.05) is 49.7 Å². The molecule has 0 saturated carbocycles. The van der Waals surface area contributed by atoms with Crippen LogP contribution in [0.2, 0.25) is 0 Å². The lowest BCUT2D eigenvalue weighted by Crippen LogP contribution is -2.39. The number of hydrogen-bond donors (Lipinski definition) is 4. The van der Waals surface area contributed by atoms with Gasteiger partial charge in [-0.15, -0.1) is 0 Å². The number of rotatable bonds is 11. The SMILES string of the molecule is O=C(O)c1cccc(Nc2nc(N(CCO)CCNS(=O)[O-])nc(N3CCOCC3)n2)c1. The van der Waals surface area contributed by atoms with Crippen LogP contribution in [0.1, 0.15) is 10.4 Å². The van der Waals surface area contributed by atoms with Crippen LogP contribution >= 0.6 is 0 Å². The monoisotopic (exact) mass is 466 g/mol. The molecule has 4 N–H and O–H groups in total. The predicted octanol–water partition coefficient (Wildman–Crippen LogP) is -0.668. The fraction of sp³-hybridized carbons (Fsp3) is 0.444. The van der Waals surface area contributed by atoms with Crippen molar-refractivity contribution in [2.75, 3.05) is 67.7 Å². The van der Waals surface area contributed by atoms with E-state index in [1.54, 1.807) is 17.0 Å². The number of aromatic carboxylic acids is 1. The maximum atomic E-state index is 11.3. The number of aliphatic hydroxyl groups is 1. The second kappa shape index (κ2) is 11.6. The molecular weight excluding hydrogens is 442 g/mol. The molecule has 0 bridgehead atoms. The third kappa shape index (κ3) is 6.80. The van der Waals surface area contributed by atoms with E-state index in [-0.39, 0.29) is 43.7 Å². The maximum Gasteiger partial charge on any atom is 0.335 e. The fourth-order valence-corrected chi connectivity index (χ4v) is 3.27. The summed E-state index contributed by atoms with van der Waals surface area (Å²) in [6.45, 7) is 2.49. The van der Waals surface area contributed by atoms with Gasteiger partial charge in [-0.05, 0) is 18.2 Å². The summed E-state index contributed by atoms with van der Waals surface area (Å²) in [4.78, 5) is 28.2. The molecule has 1 aliphatic heterocycles. The zero-order valence-electron chi connectivity index (χ0n) is 17.1. The second-order valence-electron chi connectivity index (χ2n) is 6.71. The zero-order chi connectivity index (χ0) is 22.9. The lowest BCUT2D eigenvalue weighted by atomic mass is 10.2. The van der Waals surface area contributed by atoms with Crippen molar-refractivity contribution in [2.24, 2.45) is 0 Å². The van der Waals surface area contributed by atoms with E-state index in [2.05, 4.69) is 25.0 Å². The summed E-state index contributed by atoms with van der Waals surface area (Å²) >= 11 is -2.41. The highest BCUT2D eigenvalue weighted by Crippen LogP contribution is 2.21. The predicted molar refractivity (Wildman–Crippen MR) is 116 cm³/mol. The van der Waals surface area contributed by atoms with Gasteiger partial charge in [0.25, 0.3) is 0 Å². The van der Waals surface area contributed by atoms with Crippen molar-refractivity contribution in [1.29, 1.82) is 0 Å². The molecule has 32 heavy (non-hydrogen) atoms. The number of carboxylic acid groups (broad SMARTS) is 1. The minimum Gasteiger partial charge on any atom is -0.760 e. The van der Waals surface area contributed by atoms with Crippen molar-refractivity contribution in [2.45, 2.75) is 0 Å². The summed E-state index contributed by atoms with van der Waals surface area (Å²) in [6.07, 6.45) is 0. The molecule has 1 unspecified atom stereocenters. The van der Waals surface area contributed by atoms with Crippen LogP contribution in [0, 0.1) is 0 Å². The highest BCUT2D eigenvalue weighted by atomic mass is 32.2. The standard InChI is InChI=1S/C18H25N7O6S/c26-9-6-24(5-4-19-32(29)30)17-21-16(20-14-3-1-2-13(12-14)15(27)28)22-18(23-17)25-7-10-31-11-8-25/h1-3,12,19,26H,4-11H2,(H,27,28)(H,29,30)(H,20,21,22,23)/p-1. The van der Waals surface area contributed by atoms with E-state index in [9.17, 15) is 23.8 Å². The van der Waals surface area contributed by atoms with E-state index in [0.29, 0.717) is 37.9 Å². The number of aliphatic hydroxyl groups excluding tert-OH is 1. The summed E-state index contributed by atoms with van der Waals surface area (Å²) in [7, 11) is 0. The summed E-state index contributed by atoms with van der Waals surface area (Å²) in [5.74, 6) is -0.247. The number of carboxylic acids is 1. The van der Waals surface area contributed by atoms with Gasteiger partial charge in [0.05, 0.1) is 25.4 Å². The molecule has 0 aliphatic carbocycles. The molecule has 1 aliphatic rings. The topological polar surface area (TPSA) is 176 Å². The van der Waals surface area contributed by atoms with Crippen LogP contribution in [0.4, 0.5) is 23.5 Å². The smallest absolute Gasteiger partial charge is 0.335 e. The van der Waals surface area contributed by atoms with E-state index in [1.165, 1.54) is 12.1 Å². The summed E-state index contributed by atoms with van der Waals surface area (Å²) < 4.78 is 29.2. The van der Waals surface area contributed by atoms with Crippen molar-refractivity contribution in [3.05, 3.63) is 29.8 Å². The number of anilines is 4. The van der Waals surface area contributed by atoms with Gasteiger partial charge in [-0.25, -0.2) is 9.52 Å². The normalized spacial score (nSPS) is 14.8. The Morgan fingerprint density at radius 3 is 2.72 bits per heavy atom. The Kier molecular flexibility index (Phi) is 8.64. The lowest BCUT2D eigenvalue weighted by molar-refractivity contribution is 0.0697. The van der Waals surface area contributed by atoms with Crippen LogP contribution < -0.4 is 19.8 Å². The third-order valence-electron chi connectivity index (χ3n) is 4.53. The Labute approximate surface area is 186 Å². The van der Waals surface area contributed by atoms with Crippen LogP contribution in [0.25, 0.3) is 0 Å². The second-order valence-corrected chi connectivity index (χ2v) is 7.47. The van der Waals surface area contributed by atoms with Gasteiger partial charge < -0.3 is 34.6 Å². The number of hydrogen-bond acceptors (Lipinski definition) is 11. The molecule has 174 valence electrons. The first-order valence-electron chi connectivity index (χ1n) is 9.84. The zero-order valence-corrected chi connectivity index (χ0v) is 18.0. The van der Waals surface area contributed by atoms with E-state index in [4.69, 9.17) is 4.74 Å². The first-order valence-corrected chi connectivity index (χ1v) is 10.9. The first-order chi connectivity index (χ1) is 15.5. The minimum absolute atomic E-state index is 0.0953. The Morgan fingerprint density at radius 2 is 2.03 bits per heavy atom. The third-order valence-corrected chi connectivity index (χ3v) is 4.97. The average molecular weight is 467 g/mol. The lowest BCUT2D eigenvalue weighted by Gasteiger charge is -2.28. The number of benzene rings is 1. The molecule has 1 atom stereocenters. The number of carbonyl (C=O) groups is 1. The van der Waals surface area contributed by atoms with E-state index in [0.717, 1.165) is 0 Å². The van der Waals surface area contributed by atoms with E-state index < -0.39 is 17.2 Å². The number of ether oxygens (including phenoxy) is 1. The van der Waals surface area contributed by atoms with Gasteiger partial charge in [0.2, 0.25) is 17.8 Å². The van der Waals surface area contributed by atoms with Crippen LogP contribution in [-0.2, 0) is 16.0 Å². The van der Waals surface area contributed by atoms with Crippen LogP contribution in [0.5, 0.6) is 0 Å². The Balaban J connectivity index is 1.91. The van der Waals surface area contributed by atoms with Gasteiger partial charge in [-0.3, -0.25) is 4.21 Å². The Hall–Kier alpha value is -2.91. The summed E-state index contributed by atoms with van der Waals surface area (Å²) in [6, 6.07) is 6.22. The molecule has 0 radical (unpaired) electrons. The number of nitrogens with one attached hydrogen (secondary N) is 2. The molecule has 0 spiro atoms. The minimum atomic E-state index is -2.41. The maximum absolute atomic E-state index is 11.3. The van der Waals surface area contributed by atoms with Gasteiger partial charge >= 0.3 is 5.97 Å². The molecule has 1 aromatic carbocycles. The van der Waals surface area contributed by atoms with Crippen molar-refractivity contribution in [3.8, 4) is 0 Å². The highest BCUT2D eigenvalue weighted by molar-refractivity contribution is 7.77. The van der Waals surface area contributed by atoms with Crippen LogP contribution in [-0.4, -0.2) is 92.4 Å². The molecule has 1 aromatic heterocycles. The molecule has 3 rings (SSSR count). The van der Waals surface area contributed by atoms with Gasteiger partial charge in [-0.1, -0.05) is 6.07 Å². The highest BCUT2D eigenvalue weighted by Gasteiger charge is 2.19. The molecule has 14 heteroatoms.